The van der Waals surface area contributed by atoms with Gasteiger partial charge in [0, 0.05) is 19.0 Å². The number of thiocarbonyl (C=S) groups is 1. The Morgan fingerprint density at radius 1 is 1.13 bits per heavy atom. The van der Waals surface area contributed by atoms with Crippen LogP contribution in [0, 0.1) is 20.8 Å². The summed E-state index contributed by atoms with van der Waals surface area (Å²) in [6.07, 6.45) is 0. The summed E-state index contributed by atoms with van der Waals surface area (Å²) in [7, 11) is 3.96. The standard InChI is InChI=1S/C12H17NS2/c1-8-6-9(2)11(10(3)7-8)15-12(14)13(4)5/h6-7H,1-5H3. The summed E-state index contributed by atoms with van der Waals surface area (Å²) in [6, 6.07) is 4.40. The molecule has 0 aliphatic rings. The Morgan fingerprint density at radius 2 is 1.60 bits per heavy atom. The van der Waals surface area contributed by atoms with E-state index >= 15 is 0 Å². The number of rotatable bonds is 1. The van der Waals surface area contributed by atoms with Gasteiger partial charge >= 0.3 is 0 Å². The number of thioether (sulfide) groups is 1. The summed E-state index contributed by atoms with van der Waals surface area (Å²) < 4.78 is 0.907. The number of nitrogens with zero attached hydrogens (tertiary/aromatic N) is 1. The van der Waals surface area contributed by atoms with Crippen LogP contribution in [0.5, 0.6) is 0 Å². The highest BCUT2D eigenvalue weighted by Crippen LogP contribution is 2.29. The first-order valence-electron chi connectivity index (χ1n) is 4.89. The van der Waals surface area contributed by atoms with Crippen LogP contribution in [0.4, 0.5) is 0 Å². The second-order valence-electron chi connectivity index (χ2n) is 3.99. The summed E-state index contributed by atoms with van der Waals surface area (Å²) in [4.78, 5) is 3.26. The molecule has 0 aliphatic carbocycles. The molecule has 1 rings (SSSR count). The molecule has 0 saturated carbocycles. The summed E-state index contributed by atoms with van der Waals surface area (Å²) in [5, 5.41) is 0. The minimum Gasteiger partial charge on any atom is -0.363 e. The van der Waals surface area contributed by atoms with Crippen LogP contribution >= 0.6 is 24.0 Å². The van der Waals surface area contributed by atoms with Crippen LogP contribution in [0.25, 0.3) is 0 Å². The summed E-state index contributed by atoms with van der Waals surface area (Å²) >= 11 is 6.97. The molecule has 1 aromatic carbocycles. The lowest BCUT2D eigenvalue weighted by Crippen LogP contribution is -2.16. The van der Waals surface area contributed by atoms with E-state index < -0.39 is 0 Å². The molecule has 0 aromatic heterocycles. The molecule has 0 fully saturated rings. The van der Waals surface area contributed by atoms with Gasteiger partial charge in [0.15, 0.2) is 0 Å². The number of hydrogen-bond donors (Lipinski definition) is 0. The molecular formula is C12H17NS2. The van der Waals surface area contributed by atoms with E-state index in [0.717, 1.165) is 4.32 Å². The Balaban J connectivity index is 3.00. The zero-order valence-corrected chi connectivity index (χ0v) is 11.6. The zero-order chi connectivity index (χ0) is 11.6. The fourth-order valence-corrected chi connectivity index (χ4v) is 2.55. The molecule has 0 aliphatic heterocycles. The lowest BCUT2D eigenvalue weighted by molar-refractivity contribution is 0.648. The molecule has 0 amide bonds. The average Bonchev–Trinajstić information content (AvgIpc) is 2.10. The van der Waals surface area contributed by atoms with Crippen molar-refractivity contribution < 1.29 is 0 Å². The van der Waals surface area contributed by atoms with E-state index in [4.69, 9.17) is 12.2 Å². The van der Waals surface area contributed by atoms with E-state index in [1.165, 1.54) is 21.6 Å². The third kappa shape index (κ3) is 3.21. The predicted molar refractivity (Wildman–Crippen MR) is 72.8 cm³/mol. The molecule has 0 spiro atoms. The van der Waals surface area contributed by atoms with Gasteiger partial charge in [-0.15, -0.1) is 0 Å². The fraction of sp³-hybridized carbons (Fsp3) is 0.417. The molecule has 0 N–H and O–H groups in total. The van der Waals surface area contributed by atoms with Crippen molar-refractivity contribution >= 4 is 28.3 Å². The average molecular weight is 239 g/mol. The fourth-order valence-electron chi connectivity index (χ4n) is 1.51. The maximum absolute atomic E-state index is 5.30. The highest BCUT2D eigenvalue weighted by atomic mass is 32.2. The van der Waals surface area contributed by atoms with Gasteiger partial charge in [-0.25, -0.2) is 0 Å². The van der Waals surface area contributed by atoms with Gasteiger partial charge in [0.25, 0.3) is 0 Å². The van der Waals surface area contributed by atoms with Gasteiger partial charge < -0.3 is 4.90 Å². The van der Waals surface area contributed by atoms with Gasteiger partial charge in [-0.05, 0) is 31.9 Å². The van der Waals surface area contributed by atoms with Crippen molar-refractivity contribution in [2.75, 3.05) is 14.1 Å². The Bertz CT molecular complexity index is 360. The molecule has 1 aromatic rings. The van der Waals surface area contributed by atoms with Crippen LogP contribution in [-0.2, 0) is 0 Å². The van der Waals surface area contributed by atoms with Crippen LogP contribution in [0.2, 0.25) is 0 Å². The van der Waals surface area contributed by atoms with Gasteiger partial charge in [0.2, 0.25) is 0 Å². The monoisotopic (exact) mass is 239 g/mol. The van der Waals surface area contributed by atoms with Crippen LogP contribution in [0.3, 0.4) is 0 Å². The molecule has 0 heterocycles. The predicted octanol–water partition coefficient (Wildman–Crippen LogP) is 3.55. The van der Waals surface area contributed by atoms with Gasteiger partial charge in [-0.2, -0.15) is 0 Å². The normalized spacial score (nSPS) is 10.2. The van der Waals surface area contributed by atoms with Gasteiger partial charge in [0.1, 0.15) is 4.32 Å². The summed E-state index contributed by atoms with van der Waals surface area (Å²) in [6.45, 7) is 6.40. The minimum absolute atomic E-state index is 0.907. The van der Waals surface area contributed by atoms with Crippen LogP contribution in [0.15, 0.2) is 17.0 Å². The molecule has 3 heteroatoms. The second-order valence-corrected chi connectivity index (χ2v) is 5.63. The number of benzene rings is 1. The molecule has 82 valence electrons. The van der Waals surface area contributed by atoms with Crippen molar-refractivity contribution in [3.05, 3.63) is 28.8 Å². The Kier molecular flexibility index (Phi) is 4.17. The second kappa shape index (κ2) is 4.99. The third-order valence-electron chi connectivity index (χ3n) is 2.16. The van der Waals surface area contributed by atoms with Crippen molar-refractivity contribution in [2.24, 2.45) is 0 Å². The van der Waals surface area contributed by atoms with Crippen molar-refractivity contribution in [3.8, 4) is 0 Å². The maximum Gasteiger partial charge on any atom is 0.140 e. The van der Waals surface area contributed by atoms with Gasteiger partial charge in [0.05, 0.1) is 0 Å². The molecule has 15 heavy (non-hydrogen) atoms. The lowest BCUT2D eigenvalue weighted by Gasteiger charge is -2.16. The Hall–Kier alpha value is -0.540. The number of hydrogen-bond acceptors (Lipinski definition) is 2. The first kappa shape index (κ1) is 12.5. The largest absolute Gasteiger partial charge is 0.363 e. The lowest BCUT2D eigenvalue weighted by atomic mass is 10.1. The Morgan fingerprint density at radius 3 is 2.00 bits per heavy atom. The molecule has 0 saturated heterocycles. The van der Waals surface area contributed by atoms with Crippen molar-refractivity contribution in [1.82, 2.24) is 4.90 Å². The van der Waals surface area contributed by atoms with Crippen molar-refractivity contribution in [2.45, 2.75) is 25.7 Å². The highest BCUT2D eigenvalue weighted by Gasteiger charge is 2.08. The quantitative estimate of drug-likeness (QED) is 0.545. The van der Waals surface area contributed by atoms with E-state index in [1.807, 2.05) is 19.0 Å². The van der Waals surface area contributed by atoms with Crippen LogP contribution in [-0.4, -0.2) is 23.3 Å². The summed E-state index contributed by atoms with van der Waals surface area (Å²) in [5.74, 6) is 0. The third-order valence-corrected chi connectivity index (χ3v) is 4.16. The smallest absolute Gasteiger partial charge is 0.140 e. The van der Waals surface area contributed by atoms with Crippen molar-refractivity contribution in [1.29, 1.82) is 0 Å². The Labute approximate surface area is 102 Å². The summed E-state index contributed by atoms with van der Waals surface area (Å²) in [5.41, 5.74) is 3.92. The number of aryl methyl sites for hydroxylation is 3. The molecule has 0 unspecified atom stereocenters. The first-order chi connectivity index (χ1) is 6.91. The minimum atomic E-state index is 0.907. The SMILES string of the molecule is Cc1cc(C)c(SC(=S)N(C)C)c(C)c1. The zero-order valence-electron chi connectivity index (χ0n) is 9.92. The van der Waals surface area contributed by atoms with E-state index in [9.17, 15) is 0 Å². The highest BCUT2D eigenvalue weighted by molar-refractivity contribution is 8.23. The van der Waals surface area contributed by atoms with Crippen LogP contribution < -0.4 is 0 Å². The van der Waals surface area contributed by atoms with E-state index in [-0.39, 0.29) is 0 Å². The van der Waals surface area contributed by atoms with E-state index in [1.54, 1.807) is 11.8 Å². The van der Waals surface area contributed by atoms with E-state index in [0.29, 0.717) is 0 Å². The van der Waals surface area contributed by atoms with Crippen LogP contribution in [0.1, 0.15) is 16.7 Å². The van der Waals surface area contributed by atoms with Crippen molar-refractivity contribution in [3.63, 3.8) is 0 Å². The van der Waals surface area contributed by atoms with E-state index in [2.05, 4.69) is 32.9 Å². The van der Waals surface area contributed by atoms with Gasteiger partial charge in [-0.1, -0.05) is 41.7 Å². The molecular weight excluding hydrogens is 222 g/mol. The first-order valence-corrected chi connectivity index (χ1v) is 6.11. The molecule has 0 radical (unpaired) electrons. The molecule has 0 atom stereocenters. The molecule has 1 nitrogen and oxygen atoms in total. The van der Waals surface area contributed by atoms with Gasteiger partial charge in [-0.3, -0.25) is 0 Å². The maximum atomic E-state index is 5.30. The topological polar surface area (TPSA) is 3.24 Å². The molecule has 0 bridgehead atoms.